The van der Waals surface area contributed by atoms with Gasteiger partial charge in [-0.2, -0.15) is 0 Å². The summed E-state index contributed by atoms with van der Waals surface area (Å²) in [7, 11) is 1.98. The number of aliphatic hydroxyl groups excluding tert-OH is 1. The summed E-state index contributed by atoms with van der Waals surface area (Å²) in [5, 5.41) is 10.3. The summed E-state index contributed by atoms with van der Waals surface area (Å²) >= 11 is 0. The van der Waals surface area contributed by atoms with Crippen molar-refractivity contribution in [2.45, 2.75) is 44.9 Å². The average molecular weight is 235 g/mol. The third-order valence-electron chi connectivity index (χ3n) is 4.36. The molecule has 1 saturated heterocycles. The summed E-state index contributed by atoms with van der Waals surface area (Å²) < 4.78 is 5.68. The van der Waals surface area contributed by atoms with Gasteiger partial charge in [0.2, 0.25) is 0 Å². The summed E-state index contributed by atoms with van der Waals surface area (Å²) in [5.74, 6) is 1.13. The van der Waals surface area contributed by atoms with Crippen LogP contribution < -0.4 is 5.43 Å². The van der Waals surface area contributed by atoms with Crippen LogP contribution in [0.4, 0.5) is 0 Å². The molecule has 2 bridgehead atoms. The zero-order valence-corrected chi connectivity index (χ0v) is 10.4. The van der Waals surface area contributed by atoms with Gasteiger partial charge in [-0.05, 0) is 33.7 Å². The van der Waals surface area contributed by atoms with Gasteiger partial charge in [-0.1, -0.05) is 0 Å². The summed E-state index contributed by atoms with van der Waals surface area (Å²) in [6, 6.07) is 0.215. The van der Waals surface area contributed by atoms with Gasteiger partial charge >= 0.3 is 0 Å². The minimum absolute atomic E-state index is 0.0417. The maximum absolute atomic E-state index is 12.3. The normalized spacial score (nSPS) is 31.6. The Labute approximate surface area is 99.9 Å². The van der Waals surface area contributed by atoms with Crippen molar-refractivity contribution in [3.05, 3.63) is 32.9 Å². The van der Waals surface area contributed by atoms with Crippen molar-refractivity contribution in [1.82, 2.24) is 4.90 Å². The van der Waals surface area contributed by atoms with Crippen LogP contribution in [0.3, 0.4) is 0 Å². The largest absolute Gasteiger partial charge is 0.463 e. The van der Waals surface area contributed by atoms with Crippen LogP contribution >= 0.6 is 0 Å². The van der Waals surface area contributed by atoms with Crippen LogP contribution in [0.15, 0.2) is 9.21 Å². The highest BCUT2D eigenvalue weighted by molar-refractivity contribution is 5.34. The van der Waals surface area contributed by atoms with Crippen LogP contribution in [0.2, 0.25) is 0 Å². The first-order valence-electron chi connectivity index (χ1n) is 6.06. The van der Waals surface area contributed by atoms with E-state index >= 15 is 0 Å². The van der Waals surface area contributed by atoms with Gasteiger partial charge in [0.05, 0.1) is 5.56 Å². The second-order valence-corrected chi connectivity index (χ2v) is 5.16. The maximum atomic E-state index is 12.3. The molecule has 0 aliphatic carbocycles. The Hall–Kier alpha value is -1.13. The molecular weight excluding hydrogens is 218 g/mol. The lowest BCUT2D eigenvalue weighted by Crippen LogP contribution is -2.40. The molecule has 3 unspecified atom stereocenters. The van der Waals surface area contributed by atoms with E-state index in [4.69, 9.17) is 4.42 Å². The Morgan fingerprint density at radius 3 is 2.76 bits per heavy atom. The van der Waals surface area contributed by atoms with Gasteiger partial charge in [-0.15, -0.1) is 0 Å². The lowest BCUT2D eigenvalue weighted by Gasteiger charge is -2.35. The Kier molecular flexibility index (Phi) is 2.22. The highest BCUT2D eigenvalue weighted by Crippen LogP contribution is 2.46. The van der Waals surface area contributed by atoms with E-state index in [9.17, 15) is 9.90 Å². The third kappa shape index (κ3) is 1.28. The van der Waals surface area contributed by atoms with Gasteiger partial charge in [0, 0.05) is 17.6 Å². The van der Waals surface area contributed by atoms with E-state index in [-0.39, 0.29) is 17.5 Å². The molecule has 4 heteroatoms. The van der Waals surface area contributed by atoms with Gasteiger partial charge in [0.1, 0.15) is 17.6 Å². The molecule has 17 heavy (non-hydrogen) atoms. The molecular formula is C13H17NO3. The molecule has 0 aromatic carbocycles. The lowest BCUT2D eigenvalue weighted by atomic mass is 9.95. The van der Waals surface area contributed by atoms with E-state index in [0.29, 0.717) is 22.6 Å². The standard InChI is InChI=1S/C13H17NO3/c1-6-7(2)17-13-10(11(6)15)8-4-5-9(12(13)16)14(8)3/h8-9,12,16H,4-5H2,1-3H3. The van der Waals surface area contributed by atoms with E-state index in [1.54, 1.807) is 13.8 Å². The molecule has 0 radical (unpaired) electrons. The Morgan fingerprint density at radius 2 is 2.06 bits per heavy atom. The zero-order valence-electron chi connectivity index (χ0n) is 10.4. The van der Waals surface area contributed by atoms with Gasteiger partial charge in [0.25, 0.3) is 0 Å². The topological polar surface area (TPSA) is 53.7 Å². The van der Waals surface area contributed by atoms with Crippen molar-refractivity contribution in [3.63, 3.8) is 0 Å². The van der Waals surface area contributed by atoms with Crippen LogP contribution in [-0.4, -0.2) is 23.1 Å². The molecule has 0 saturated carbocycles. The van der Waals surface area contributed by atoms with Crippen molar-refractivity contribution in [1.29, 1.82) is 0 Å². The molecule has 2 aliphatic heterocycles. The lowest BCUT2D eigenvalue weighted by molar-refractivity contribution is 0.0336. The summed E-state index contributed by atoms with van der Waals surface area (Å²) in [6.45, 7) is 3.57. The zero-order chi connectivity index (χ0) is 12.3. The smallest absolute Gasteiger partial charge is 0.193 e. The molecule has 3 rings (SSSR count). The number of hydrogen-bond donors (Lipinski definition) is 1. The molecule has 1 N–H and O–H groups in total. The summed E-state index contributed by atoms with van der Waals surface area (Å²) in [6.07, 6.45) is 1.18. The van der Waals surface area contributed by atoms with Crippen molar-refractivity contribution in [2.24, 2.45) is 0 Å². The van der Waals surface area contributed by atoms with E-state index in [1.807, 2.05) is 7.05 Å². The van der Waals surface area contributed by atoms with Crippen molar-refractivity contribution in [2.75, 3.05) is 7.05 Å². The number of nitrogens with zero attached hydrogens (tertiary/aromatic N) is 1. The number of likely N-dealkylation sites (N-methyl/N-ethyl adjacent to an activating group) is 1. The van der Waals surface area contributed by atoms with E-state index in [2.05, 4.69) is 4.90 Å². The first-order chi connectivity index (χ1) is 8.02. The number of aryl methyl sites for hydroxylation is 1. The number of fused-ring (bicyclic) bond motifs is 4. The van der Waals surface area contributed by atoms with Crippen LogP contribution in [0.5, 0.6) is 0 Å². The highest BCUT2D eigenvalue weighted by atomic mass is 16.4. The number of hydrogen-bond acceptors (Lipinski definition) is 4. The highest BCUT2D eigenvalue weighted by Gasteiger charge is 2.46. The molecule has 0 amide bonds. The second-order valence-electron chi connectivity index (χ2n) is 5.16. The molecule has 3 heterocycles. The predicted molar refractivity (Wildman–Crippen MR) is 62.9 cm³/mol. The fourth-order valence-corrected chi connectivity index (χ4v) is 3.18. The van der Waals surface area contributed by atoms with E-state index in [0.717, 1.165) is 12.8 Å². The third-order valence-corrected chi connectivity index (χ3v) is 4.36. The minimum atomic E-state index is -0.666. The van der Waals surface area contributed by atoms with E-state index < -0.39 is 6.10 Å². The average Bonchev–Trinajstić information content (AvgIpc) is 2.59. The molecule has 3 atom stereocenters. The van der Waals surface area contributed by atoms with Crippen molar-refractivity contribution < 1.29 is 9.52 Å². The molecule has 2 aliphatic rings. The van der Waals surface area contributed by atoms with Crippen LogP contribution in [-0.2, 0) is 0 Å². The van der Waals surface area contributed by atoms with Crippen LogP contribution in [0, 0.1) is 13.8 Å². The molecule has 1 fully saturated rings. The molecule has 1 aromatic heterocycles. The SMILES string of the molecule is Cc1oc2c(c(=O)c1C)C1CCC(C2O)N1C. The quantitative estimate of drug-likeness (QED) is 0.739. The Morgan fingerprint density at radius 1 is 1.35 bits per heavy atom. The predicted octanol–water partition coefficient (Wildman–Crippen LogP) is 1.44. The molecule has 92 valence electrons. The Bertz CT molecular complexity index is 534. The van der Waals surface area contributed by atoms with Gasteiger partial charge in [-0.25, -0.2) is 0 Å². The minimum Gasteiger partial charge on any atom is -0.463 e. The Balaban J connectivity index is 2.31. The van der Waals surface area contributed by atoms with Crippen molar-refractivity contribution >= 4 is 0 Å². The fraction of sp³-hybridized carbons (Fsp3) is 0.615. The summed E-state index contributed by atoms with van der Waals surface area (Å²) in [4.78, 5) is 14.4. The van der Waals surface area contributed by atoms with Crippen LogP contribution in [0.1, 0.15) is 47.6 Å². The second kappa shape index (κ2) is 3.43. The van der Waals surface area contributed by atoms with Gasteiger partial charge in [-0.3, -0.25) is 9.69 Å². The number of rotatable bonds is 0. The fourth-order valence-electron chi connectivity index (χ4n) is 3.18. The first kappa shape index (κ1) is 11.0. The monoisotopic (exact) mass is 235 g/mol. The van der Waals surface area contributed by atoms with Crippen molar-refractivity contribution in [3.8, 4) is 0 Å². The van der Waals surface area contributed by atoms with Gasteiger partial charge < -0.3 is 9.52 Å². The molecule has 1 aromatic rings. The first-order valence-corrected chi connectivity index (χ1v) is 6.06. The summed E-state index contributed by atoms with van der Waals surface area (Å²) in [5.41, 5.74) is 1.38. The van der Waals surface area contributed by atoms with E-state index in [1.165, 1.54) is 0 Å². The van der Waals surface area contributed by atoms with Crippen LogP contribution in [0.25, 0.3) is 0 Å². The van der Waals surface area contributed by atoms with Gasteiger partial charge in [0.15, 0.2) is 5.43 Å². The molecule has 0 spiro atoms. The molecule has 4 nitrogen and oxygen atoms in total. The number of aliphatic hydroxyl groups is 1. The maximum Gasteiger partial charge on any atom is 0.193 e.